The van der Waals surface area contributed by atoms with Crippen molar-refractivity contribution >= 4 is 33.1 Å². The van der Waals surface area contributed by atoms with E-state index >= 15 is 0 Å². The summed E-state index contributed by atoms with van der Waals surface area (Å²) in [5.74, 6) is -0.650. The number of carboxylic acids is 1. The number of fused-ring (bicyclic) bond motifs is 1. The summed E-state index contributed by atoms with van der Waals surface area (Å²) in [6, 6.07) is 13.6. The number of benzene rings is 2. The van der Waals surface area contributed by atoms with Crippen LogP contribution in [-0.4, -0.2) is 62.8 Å². The third-order valence-electron chi connectivity index (χ3n) is 11.0. The summed E-state index contributed by atoms with van der Waals surface area (Å²) in [4.78, 5) is 29.4. The van der Waals surface area contributed by atoms with Crippen LogP contribution in [0.4, 0.5) is 19.1 Å². The van der Waals surface area contributed by atoms with Gasteiger partial charge in [0, 0.05) is 37.0 Å². The fourth-order valence-electron chi connectivity index (χ4n) is 7.86. The number of rotatable bonds is 14. The number of sulfonamides is 1. The lowest BCUT2D eigenvalue weighted by molar-refractivity contribution is -0.181. The van der Waals surface area contributed by atoms with Gasteiger partial charge in [-0.15, -0.1) is 0 Å². The molecule has 0 unspecified atom stereocenters. The van der Waals surface area contributed by atoms with Crippen LogP contribution in [0.1, 0.15) is 72.4 Å². The van der Waals surface area contributed by atoms with E-state index < -0.39 is 27.6 Å². The Labute approximate surface area is 316 Å². The van der Waals surface area contributed by atoms with E-state index in [1.165, 1.54) is 28.8 Å². The molecular formula is C39H42F3N7O5S. The summed E-state index contributed by atoms with van der Waals surface area (Å²) < 4.78 is 78.8. The second kappa shape index (κ2) is 13.9. The molecule has 16 heteroatoms. The first-order chi connectivity index (χ1) is 25.8. The van der Waals surface area contributed by atoms with Gasteiger partial charge in [0.1, 0.15) is 17.5 Å². The largest absolute Gasteiger partial charge is 0.478 e. The Morgan fingerprint density at radius 2 is 1.73 bits per heavy atom. The average Bonchev–Trinajstić information content (AvgIpc) is 3.41. The van der Waals surface area contributed by atoms with E-state index in [1.807, 2.05) is 32.0 Å². The highest BCUT2D eigenvalue weighted by atomic mass is 32.2. The number of hydrogen-bond acceptors (Lipinski definition) is 9. The molecule has 55 heavy (non-hydrogen) atoms. The van der Waals surface area contributed by atoms with Crippen molar-refractivity contribution in [3.05, 3.63) is 88.9 Å². The quantitative estimate of drug-likeness (QED) is 0.106. The molecule has 8 rings (SSSR count). The smallest absolute Gasteiger partial charge is 0.399 e. The predicted molar refractivity (Wildman–Crippen MR) is 199 cm³/mol. The maximum absolute atomic E-state index is 13.9. The zero-order valence-electron chi connectivity index (χ0n) is 31.0. The van der Waals surface area contributed by atoms with Crippen molar-refractivity contribution in [3.8, 4) is 17.1 Å². The Balaban J connectivity index is 1.15. The van der Waals surface area contributed by atoms with Crippen LogP contribution < -0.4 is 14.8 Å². The first-order valence-electron chi connectivity index (χ1n) is 17.9. The molecule has 0 amide bonds. The molecule has 2 bridgehead atoms. The maximum Gasteiger partial charge on any atom is 0.399 e. The minimum atomic E-state index is -4.46. The average molecular weight is 778 g/mol. The molecule has 3 fully saturated rings. The van der Waals surface area contributed by atoms with E-state index in [-0.39, 0.29) is 52.6 Å². The number of anilines is 1. The molecule has 0 saturated heterocycles. The number of aryl methyl sites for hydroxylation is 3. The van der Waals surface area contributed by atoms with E-state index in [0.29, 0.717) is 22.6 Å². The summed E-state index contributed by atoms with van der Waals surface area (Å²) in [6.07, 6.45) is 1.31. The van der Waals surface area contributed by atoms with Crippen molar-refractivity contribution in [2.75, 3.05) is 11.3 Å². The molecule has 3 heterocycles. The number of alkyl halides is 3. The van der Waals surface area contributed by atoms with E-state index in [0.717, 1.165) is 68.2 Å². The van der Waals surface area contributed by atoms with Gasteiger partial charge in [-0.25, -0.2) is 27.9 Å². The molecule has 0 radical (unpaired) electrons. The highest BCUT2D eigenvalue weighted by molar-refractivity contribution is 7.92. The lowest BCUT2D eigenvalue weighted by atomic mass is 9.43. The van der Waals surface area contributed by atoms with Gasteiger partial charge in [0.05, 0.1) is 28.0 Å². The molecule has 3 aliphatic rings. The first-order valence-corrected chi connectivity index (χ1v) is 19.4. The summed E-state index contributed by atoms with van der Waals surface area (Å²) >= 11 is 0. The van der Waals surface area contributed by atoms with Gasteiger partial charge in [-0.3, -0.25) is 4.98 Å². The van der Waals surface area contributed by atoms with Crippen LogP contribution in [0.3, 0.4) is 0 Å². The van der Waals surface area contributed by atoms with E-state index in [4.69, 9.17) is 4.74 Å². The summed E-state index contributed by atoms with van der Waals surface area (Å²) in [5, 5.41) is 13.0. The Morgan fingerprint density at radius 1 is 1.04 bits per heavy atom. The van der Waals surface area contributed by atoms with Gasteiger partial charge in [-0.2, -0.15) is 18.2 Å². The van der Waals surface area contributed by atoms with Crippen molar-refractivity contribution in [2.24, 2.45) is 18.4 Å². The molecule has 3 saturated carbocycles. The van der Waals surface area contributed by atoms with Crippen molar-refractivity contribution in [3.63, 3.8) is 0 Å². The maximum atomic E-state index is 13.9. The Kier molecular flexibility index (Phi) is 9.64. The van der Waals surface area contributed by atoms with Gasteiger partial charge >= 0.3 is 12.1 Å². The van der Waals surface area contributed by atoms with Gasteiger partial charge in [0.15, 0.2) is 5.65 Å². The molecular weight excluding hydrogens is 736 g/mol. The summed E-state index contributed by atoms with van der Waals surface area (Å²) in [5.41, 5.74) is 2.27. The summed E-state index contributed by atoms with van der Waals surface area (Å²) in [6.45, 7) is 6.55. The van der Waals surface area contributed by atoms with Gasteiger partial charge in [-0.05, 0) is 100 Å². The molecule has 3 aliphatic carbocycles. The number of nitrogens with one attached hydrogen (secondary N) is 2. The fraction of sp³-hybridized carbons (Fsp3) is 0.410. The highest BCUT2D eigenvalue weighted by Gasteiger charge is 2.56. The molecule has 12 nitrogen and oxygen atoms in total. The van der Waals surface area contributed by atoms with Crippen LogP contribution in [0.15, 0.2) is 65.7 Å². The Morgan fingerprint density at radius 3 is 2.36 bits per heavy atom. The predicted octanol–water partition coefficient (Wildman–Crippen LogP) is 7.11. The second-order valence-corrected chi connectivity index (χ2v) is 17.2. The minimum Gasteiger partial charge on any atom is -0.478 e. The molecule has 2 aromatic carbocycles. The molecule has 1 atom stereocenters. The van der Waals surface area contributed by atoms with Gasteiger partial charge in [0.25, 0.3) is 10.0 Å². The molecule has 0 spiro atoms. The SMILES string of the molecule is Cc1cccc(C)c1-c1cc(OC[C@@H](CC23CC(C2)C3)NCc2cnc3cc(C(C)(C)C(F)(F)F)n(C)c3n2)nc(NS(=O)(=O)c2cccc(C(=O)O)c2)n1. The highest BCUT2D eigenvalue weighted by Crippen LogP contribution is 2.66. The van der Waals surface area contributed by atoms with E-state index in [1.54, 1.807) is 19.3 Å². The fourth-order valence-corrected chi connectivity index (χ4v) is 8.85. The standard InChI is InChI=1S/C39H42F3N7O5S/c1-22-8-6-9-23(2)33(22)29-14-32(47-36(46-29)48-55(52,53)28-11-7-10-25(12-28)35(50)51)54-21-26(18-38-15-24(16-38)17-38)43-19-27-20-44-30-13-31(49(5)34(30)45-27)37(3,4)39(40,41)42/h6-14,20,24,26,43H,15-19,21H2,1-5H3,(H,50,51)(H,46,47,48)/t24?,26-,38?/m1/s1. The lowest BCUT2D eigenvalue weighted by Crippen LogP contribution is -2.55. The molecule has 0 aliphatic heterocycles. The first kappa shape index (κ1) is 38.2. The number of aromatic carboxylic acids is 1. The van der Waals surface area contributed by atoms with Crippen LogP contribution >= 0.6 is 0 Å². The van der Waals surface area contributed by atoms with Crippen molar-refractivity contribution in [2.45, 2.75) is 82.5 Å². The number of ether oxygens (including phenoxy) is 1. The van der Waals surface area contributed by atoms with Gasteiger partial charge < -0.3 is 19.7 Å². The molecule has 3 aromatic heterocycles. The monoisotopic (exact) mass is 777 g/mol. The number of nitrogens with zero attached hydrogens (tertiary/aromatic N) is 5. The van der Waals surface area contributed by atoms with Crippen LogP contribution in [0.5, 0.6) is 5.88 Å². The molecule has 5 aromatic rings. The van der Waals surface area contributed by atoms with Gasteiger partial charge in [-0.1, -0.05) is 24.3 Å². The molecule has 290 valence electrons. The molecule has 3 N–H and O–H groups in total. The topological polar surface area (TPSA) is 161 Å². The third kappa shape index (κ3) is 7.49. The van der Waals surface area contributed by atoms with E-state index in [2.05, 4.69) is 30.0 Å². The van der Waals surface area contributed by atoms with Crippen molar-refractivity contribution < 1.29 is 36.2 Å². The lowest BCUT2D eigenvalue weighted by Gasteiger charge is -2.63. The number of hydrogen-bond donors (Lipinski definition) is 3. The Hall–Kier alpha value is -5.09. The number of halogens is 3. The van der Waals surface area contributed by atoms with Gasteiger partial charge in [0.2, 0.25) is 11.8 Å². The number of carboxylic acid groups (broad SMARTS) is 1. The Bertz CT molecular complexity index is 2380. The van der Waals surface area contributed by atoms with Crippen LogP contribution in [-0.2, 0) is 29.0 Å². The normalized spacial score (nSPS) is 18.7. The third-order valence-corrected chi connectivity index (χ3v) is 12.4. The van der Waals surface area contributed by atoms with E-state index in [9.17, 15) is 31.5 Å². The summed E-state index contributed by atoms with van der Waals surface area (Å²) in [7, 11) is -2.74. The van der Waals surface area contributed by atoms with Crippen molar-refractivity contribution in [1.29, 1.82) is 0 Å². The van der Waals surface area contributed by atoms with Crippen LogP contribution in [0.25, 0.3) is 22.4 Å². The number of aromatic nitrogens is 5. The second-order valence-electron chi connectivity index (χ2n) is 15.5. The number of carbonyl (C=O) groups is 1. The minimum absolute atomic E-state index is 0.0653. The van der Waals surface area contributed by atoms with Crippen LogP contribution in [0, 0.1) is 25.2 Å². The van der Waals surface area contributed by atoms with Crippen LogP contribution in [0.2, 0.25) is 0 Å². The zero-order valence-corrected chi connectivity index (χ0v) is 31.8. The zero-order chi connectivity index (χ0) is 39.5. The van der Waals surface area contributed by atoms with Crippen molar-refractivity contribution in [1.82, 2.24) is 29.8 Å².